The highest BCUT2D eigenvalue weighted by molar-refractivity contribution is 5.73. The Balaban J connectivity index is 2.30. The number of aryl methyl sites for hydroxylation is 1. The summed E-state index contributed by atoms with van der Waals surface area (Å²) in [5.41, 5.74) is 1.89. The Morgan fingerprint density at radius 1 is 1.42 bits per heavy atom. The molecule has 0 radical (unpaired) electrons. The predicted molar refractivity (Wildman–Crippen MR) is 93.4 cm³/mol. The van der Waals surface area contributed by atoms with Gasteiger partial charge in [-0.25, -0.2) is 0 Å². The molecule has 6 heteroatoms. The molecule has 1 fully saturated rings. The molecule has 2 rings (SSSR count). The molecule has 1 aromatic carbocycles. The van der Waals surface area contributed by atoms with Crippen LogP contribution in [-0.2, 0) is 11.2 Å². The van der Waals surface area contributed by atoms with E-state index in [1.54, 1.807) is 13.0 Å². The van der Waals surface area contributed by atoms with Gasteiger partial charge < -0.3 is 10.4 Å². The summed E-state index contributed by atoms with van der Waals surface area (Å²) in [6, 6.07) is 3.29. The minimum atomic E-state index is -0.990. The Morgan fingerprint density at radius 3 is 2.62 bits per heavy atom. The van der Waals surface area contributed by atoms with Crippen LogP contribution in [0, 0.1) is 28.4 Å². The van der Waals surface area contributed by atoms with Crippen LogP contribution in [0.25, 0.3) is 0 Å². The first-order valence-corrected chi connectivity index (χ1v) is 8.33. The Bertz CT molecular complexity index is 655. The molecule has 0 spiro atoms. The number of hydrogen-bond acceptors (Lipinski definition) is 4. The fourth-order valence-electron chi connectivity index (χ4n) is 4.04. The first kappa shape index (κ1) is 18.2. The lowest BCUT2D eigenvalue weighted by Crippen LogP contribution is -2.35. The van der Waals surface area contributed by atoms with E-state index in [-0.39, 0.29) is 23.6 Å². The first-order valence-electron chi connectivity index (χ1n) is 8.33. The molecule has 0 amide bonds. The minimum absolute atomic E-state index is 0.0483. The number of aliphatic carboxylic acids is 1. The molecule has 2 atom stereocenters. The number of nitro benzene ring substituents is 1. The molecule has 0 unspecified atom stereocenters. The Kier molecular flexibility index (Phi) is 5.16. The van der Waals surface area contributed by atoms with Gasteiger partial charge in [-0.15, -0.1) is 0 Å². The van der Waals surface area contributed by atoms with Crippen LogP contribution in [0.4, 0.5) is 11.4 Å². The first-order chi connectivity index (χ1) is 11.1. The van der Waals surface area contributed by atoms with Gasteiger partial charge >= 0.3 is 5.97 Å². The Labute approximate surface area is 142 Å². The second kappa shape index (κ2) is 6.79. The van der Waals surface area contributed by atoms with E-state index >= 15 is 0 Å². The minimum Gasteiger partial charge on any atom is -0.481 e. The van der Waals surface area contributed by atoms with Crippen molar-refractivity contribution >= 4 is 17.3 Å². The van der Waals surface area contributed by atoms with Gasteiger partial charge in [0, 0.05) is 12.1 Å². The maximum absolute atomic E-state index is 11.4. The van der Waals surface area contributed by atoms with Crippen molar-refractivity contribution in [1.29, 1.82) is 0 Å². The summed E-state index contributed by atoms with van der Waals surface area (Å²) >= 11 is 0. The van der Waals surface area contributed by atoms with E-state index in [2.05, 4.69) is 26.1 Å². The van der Waals surface area contributed by atoms with Crippen molar-refractivity contribution in [2.24, 2.45) is 11.3 Å². The van der Waals surface area contributed by atoms with E-state index < -0.39 is 10.9 Å². The number of nitrogens with zero attached hydrogens (tertiary/aromatic N) is 1. The van der Waals surface area contributed by atoms with Crippen molar-refractivity contribution in [3.63, 3.8) is 0 Å². The van der Waals surface area contributed by atoms with Gasteiger partial charge in [0.05, 0.1) is 11.3 Å². The van der Waals surface area contributed by atoms with Crippen LogP contribution >= 0.6 is 0 Å². The second-order valence-electron chi connectivity index (χ2n) is 7.88. The summed E-state index contributed by atoms with van der Waals surface area (Å²) in [5.74, 6) is -0.423. The third-order valence-corrected chi connectivity index (χ3v) is 4.74. The molecule has 6 nitrogen and oxygen atoms in total. The highest BCUT2D eigenvalue weighted by Gasteiger charge is 2.33. The molecule has 1 saturated carbocycles. The van der Waals surface area contributed by atoms with E-state index in [1.807, 2.05) is 0 Å². The van der Waals surface area contributed by atoms with E-state index in [0.29, 0.717) is 17.2 Å². The molecular formula is C18H26N2O4. The number of nitrogens with one attached hydrogen (secondary N) is 1. The number of carboxylic acid groups (broad SMARTS) is 1. The molecule has 0 saturated heterocycles. The fourth-order valence-corrected chi connectivity index (χ4v) is 4.04. The van der Waals surface area contributed by atoms with Gasteiger partial charge in [-0.1, -0.05) is 20.8 Å². The summed E-state index contributed by atoms with van der Waals surface area (Å²) < 4.78 is 0. The van der Waals surface area contributed by atoms with Gasteiger partial charge in [0.15, 0.2) is 0 Å². The number of nitro groups is 1. The van der Waals surface area contributed by atoms with Crippen molar-refractivity contribution in [3.05, 3.63) is 33.4 Å². The Morgan fingerprint density at radius 2 is 2.08 bits per heavy atom. The smallest absolute Gasteiger partial charge is 0.307 e. The van der Waals surface area contributed by atoms with Crippen molar-refractivity contribution < 1.29 is 14.8 Å². The fraction of sp³-hybridized carbons (Fsp3) is 0.611. The molecular weight excluding hydrogens is 308 g/mol. The maximum atomic E-state index is 11.4. The summed E-state index contributed by atoms with van der Waals surface area (Å²) in [4.78, 5) is 21.9. The molecule has 132 valence electrons. The van der Waals surface area contributed by atoms with E-state index in [9.17, 15) is 14.9 Å². The van der Waals surface area contributed by atoms with Crippen molar-refractivity contribution in [3.8, 4) is 0 Å². The van der Waals surface area contributed by atoms with Gasteiger partial charge in [0.2, 0.25) is 0 Å². The monoisotopic (exact) mass is 334 g/mol. The summed E-state index contributed by atoms with van der Waals surface area (Å²) in [5, 5.41) is 23.7. The number of benzene rings is 1. The van der Waals surface area contributed by atoms with Gasteiger partial charge in [0.1, 0.15) is 5.69 Å². The quantitative estimate of drug-likeness (QED) is 0.623. The molecule has 2 N–H and O–H groups in total. The van der Waals surface area contributed by atoms with E-state index in [1.165, 1.54) is 6.07 Å². The summed E-state index contributed by atoms with van der Waals surface area (Å²) in [6.45, 7) is 8.46. The molecule has 1 aliphatic rings. The van der Waals surface area contributed by atoms with Crippen molar-refractivity contribution in [1.82, 2.24) is 0 Å². The molecule has 0 aliphatic heterocycles. The molecule has 24 heavy (non-hydrogen) atoms. The average Bonchev–Trinajstić information content (AvgIpc) is 2.38. The SMILES string of the molecule is Cc1cc(N[C@H]2C[C@@H](C)CC(C)(C)C2)c([N+](=O)[O-])cc1CC(=O)O. The van der Waals surface area contributed by atoms with Gasteiger partial charge in [0.25, 0.3) is 5.69 Å². The number of rotatable bonds is 5. The molecule has 1 aromatic rings. The van der Waals surface area contributed by atoms with E-state index in [0.717, 1.165) is 24.8 Å². The van der Waals surface area contributed by atoms with Crippen LogP contribution in [0.15, 0.2) is 12.1 Å². The van der Waals surface area contributed by atoms with Crippen LogP contribution in [0.1, 0.15) is 51.2 Å². The van der Waals surface area contributed by atoms with Gasteiger partial charge in [-0.3, -0.25) is 14.9 Å². The zero-order valence-electron chi connectivity index (χ0n) is 14.8. The molecule has 0 heterocycles. The zero-order valence-corrected chi connectivity index (χ0v) is 14.8. The largest absolute Gasteiger partial charge is 0.481 e. The van der Waals surface area contributed by atoms with Crippen LogP contribution < -0.4 is 5.32 Å². The third kappa shape index (κ3) is 4.46. The predicted octanol–water partition coefficient (Wildman–Crippen LogP) is 4.16. The summed E-state index contributed by atoms with van der Waals surface area (Å²) in [6.07, 6.45) is 2.89. The van der Waals surface area contributed by atoms with Crippen LogP contribution in [0.5, 0.6) is 0 Å². The highest BCUT2D eigenvalue weighted by Crippen LogP contribution is 2.40. The lowest BCUT2D eigenvalue weighted by molar-refractivity contribution is -0.384. The van der Waals surface area contributed by atoms with E-state index in [4.69, 9.17) is 5.11 Å². The highest BCUT2D eigenvalue weighted by atomic mass is 16.6. The summed E-state index contributed by atoms with van der Waals surface area (Å²) in [7, 11) is 0. The number of carboxylic acids is 1. The number of anilines is 1. The van der Waals surface area contributed by atoms with Crippen molar-refractivity contribution in [2.75, 3.05) is 5.32 Å². The van der Waals surface area contributed by atoms with Crippen molar-refractivity contribution in [2.45, 2.75) is 59.4 Å². The topological polar surface area (TPSA) is 92.5 Å². The third-order valence-electron chi connectivity index (χ3n) is 4.74. The maximum Gasteiger partial charge on any atom is 0.307 e. The zero-order chi connectivity index (χ0) is 18.1. The normalized spacial score (nSPS) is 22.8. The molecule has 1 aliphatic carbocycles. The average molecular weight is 334 g/mol. The molecule has 0 bridgehead atoms. The van der Waals surface area contributed by atoms with Gasteiger partial charge in [-0.05, 0) is 54.7 Å². The van der Waals surface area contributed by atoms with Crippen LogP contribution in [-0.4, -0.2) is 22.0 Å². The lowest BCUT2D eigenvalue weighted by Gasteiger charge is -2.39. The standard InChI is InChI=1S/C18H26N2O4/c1-11-5-14(10-18(3,4)9-11)19-15-6-12(2)13(8-17(21)22)7-16(15)20(23)24/h6-7,11,14,19H,5,8-10H2,1-4H3,(H,21,22)/t11-,14+/m1/s1. The van der Waals surface area contributed by atoms with Crippen LogP contribution in [0.2, 0.25) is 0 Å². The lowest BCUT2D eigenvalue weighted by atomic mass is 9.70. The van der Waals surface area contributed by atoms with Gasteiger partial charge in [-0.2, -0.15) is 0 Å². The van der Waals surface area contributed by atoms with Crippen LogP contribution in [0.3, 0.4) is 0 Å². The molecule has 0 aromatic heterocycles. The number of carbonyl (C=O) groups is 1. The second-order valence-corrected chi connectivity index (χ2v) is 7.88. The number of hydrogen-bond donors (Lipinski definition) is 2. The Hall–Kier alpha value is -2.11.